The number of nitrogens with zero attached hydrogens (tertiary/aromatic N) is 1. The Kier molecular flexibility index (Phi) is 11.1. The van der Waals surface area contributed by atoms with Crippen LogP contribution in [0.3, 0.4) is 0 Å². The zero-order valence-electron chi connectivity index (χ0n) is 24.3. The Morgan fingerprint density at radius 1 is 0.976 bits per heavy atom. The van der Waals surface area contributed by atoms with Crippen molar-refractivity contribution in [3.05, 3.63) is 71.8 Å². The van der Waals surface area contributed by atoms with Gasteiger partial charge in [0, 0.05) is 12.0 Å². The third-order valence-electron chi connectivity index (χ3n) is 6.74. The molecule has 0 aliphatic carbocycles. The van der Waals surface area contributed by atoms with Gasteiger partial charge in [0.15, 0.2) is 0 Å². The minimum atomic E-state index is -1.03. The SMILES string of the molecule is CCOC(=O)[C@@H]1[C@@H](c2ccccc2)C[C@H](CC[C@H](NC(=O)OCc2ccccc2)C(=O)OC)N1C(=O)OC(C)(C)C. The van der Waals surface area contributed by atoms with E-state index in [0.29, 0.717) is 6.42 Å². The summed E-state index contributed by atoms with van der Waals surface area (Å²) in [6, 6.07) is 16.2. The fraction of sp³-hybridized carbons (Fsp3) is 0.484. The van der Waals surface area contributed by atoms with Crippen molar-refractivity contribution in [2.24, 2.45) is 0 Å². The summed E-state index contributed by atoms with van der Waals surface area (Å²) < 4.78 is 21.3. The second-order valence-corrected chi connectivity index (χ2v) is 10.9. The molecule has 0 aromatic heterocycles. The Labute approximate surface area is 241 Å². The first-order chi connectivity index (χ1) is 19.5. The Morgan fingerprint density at radius 3 is 2.20 bits per heavy atom. The van der Waals surface area contributed by atoms with Gasteiger partial charge in [-0.3, -0.25) is 4.90 Å². The largest absolute Gasteiger partial charge is 0.467 e. The zero-order valence-corrected chi connectivity index (χ0v) is 24.3. The van der Waals surface area contributed by atoms with Crippen LogP contribution in [0.1, 0.15) is 64.0 Å². The monoisotopic (exact) mass is 568 g/mol. The number of amides is 2. The number of benzene rings is 2. The van der Waals surface area contributed by atoms with Crippen LogP contribution < -0.4 is 5.32 Å². The van der Waals surface area contributed by atoms with E-state index in [1.54, 1.807) is 27.7 Å². The van der Waals surface area contributed by atoms with Gasteiger partial charge in [-0.2, -0.15) is 0 Å². The van der Waals surface area contributed by atoms with Crippen LogP contribution in [0.2, 0.25) is 0 Å². The van der Waals surface area contributed by atoms with Crippen LogP contribution in [-0.4, -0.2) is 66.5 Å². The smallest absolute Gasteiger partial charge is 0.411 e. The number of methoxy groups -OCH3 is 1. The standard InChI is InChI=1S/C31H40N2O8/c1-6-39-28(35)26-24(22-15-11-8-12-16-22)19-23(33(26)30(37)41-31(2,3)4)17-18-25(27(34)38-5)32-29(36)40-20-21-13-9-7-10-14-21/h7-16,23-26H,6,17-20H2,1-5H3,(H,32,36)/t23-,24+,25-,26-/m0/s1. The fourth-order valence-corrected chi connectivity index (χ4v) is 4.97. The lowest BCUT2D eigenvalue weighted by atomic mass is 9.90. The highest BCUT2D eigenvalue weighted by atomic mass is 16.6. The van der Waals surface area contributed by atoms with Crippen molar-refractivity contribution in [2.75, 3.05) is 13.7 Å². The Hall–Kier alpha value is -4.08. The van der Waals surface area contributed by atoms with Gasteiger partial charge < -0.3 is 24.3 Å². The number of hydrogen-bond donors (Lipinski definition) is 1. The molecule has 41 heavy (non-hydrogen) atoms. The molecule has 2 amide bonds. The second kappa shape index (κ2) is 14.5. The highest BCUT2D eigenvalue weighted by molar-refractivity contribution is 5.84. The van der Waals surface area contributed by atoms with Crippen molar-refractivity contribution in [3.63, 3.8) is 0 Å². The van der Waals surface area contributed by atoms with Crippen LogP contribution in [0, 0.1) is 0 Å². The molecule has 1 N–H and O–H groups in total. The molecule has 0 spiro atoms. The number of nitrogens with one attached hydrogen (secondary N) is 1. The van der Waals surface area contributed by atoms with Crippen LogP contribution in [0.4, 0.5) is 9.59 Å². The van der Waals surface area contributed by atoms with Crippen LogP contribution in [-0.2, 0) is 35.1 Å². The maximum atomic E-state index is 13.5. The minimum absolute atomic E-state index is 0.0373. The second-order valence-electron chi connectivity index (χ2n) is 10.9. The molecular weight excluding hydrogens is 528 g/mol. The van der Waals surface area contributed by atoms with E-state index in [1.165, 1.54) is 12.0 Å². The molecule has 0 bridgehead atoms. The third-order valence-corrected chi connectivity index (χ3v) is 6.74. The maximum absolute atomic E-state index is 13.5. The number of ether oxygens (including phenoxy) is 4. The predicted octanol–water partition coefficient (Wildman–Crippen LogP) is 4.96. The molecule has 4 atom stereocenters. The topological polar surface area (TPSA) is 120 Å². The summed E-state index contributed by atoms with van der Waals surface area (Å²) >= 11 is 0. The van der Waals surface area contributed by atoms with E-state index < -0.39 is 47.9 Å². The molecule has 0 unspecified atom stereocenters. The van der Waals surface area contributed by atoms with Crippen LogP contribution in [0.15, 0.2) is 60.7 Å². The number of likely N-dealkylation sites (tertiary alicyclic amines) is 1. The third kappa shape index (κ3) is 8.96. The van der Waals surface area contributed by atoms with Crippen LogP contribution in [0.5, 0.6) is 0 Å². The molecule has 1 fully saturated rings. The summed E-state index contributed by atoms with van der Waals surface area (Å²) in [6.07, 6.45) is -0.584. The molecule has 0 saturated carbocycles. The number of esters is 2. The van der Waals surface area contributed by atoms with Gasteiger partial charge in [-0.25, -0.2) is 19.2 Å². The van der Waals surface area contributed by atoms with E-state index in [-0.39, 0.29) is 32.0 Å². The molecule has 1 heterocycles. The van der Waals surface area contributed by atoms with Crippen molar-refractivity contribution in [1.82, 2.24) is 10.2 Å². The first-order valence-electron chi connectivity index (χ1n) is 13.8. The summed E-state index contributed by atoms with van der Waals surface area (Å²) in [5.74, 6) is -1.53. The predicted molar refractivity (Wildman–Crippen MR) is 151 cm³/mol. The average Bonchev–Trinajstić information content (AvgIpc) is 3.34. The van der Waals surface area contributed by atoms with Gasteiger partial charge in [-0.1, -0.05) is 60.7 Å². The number of hydrogen-bond acceptors (Lipinski definition) is 8. The quantitative estimate of drug-likeness (QED) is 0.315. The van der Waals surface area contributed by atoms with Crippen molar-refractivity contribution in [3.8, 4) is 0 Å². The van der Waals surface area contributed by atoms with Crippen molar-refractivity contribution in [1.29, 1.82) is 0 Å². The van der Waals surface area contributed by atoms with Gasteiger partial charge in [-0.15, -0.1) is 0 Å². The molecule has 10 heteroatoms. The lowest BCUT2D eigenvalue weighted by Crippen LogP contribution is -2.49. The van der Waals surface area contributed by atoms with Crippen LogP contribution in [0.25, 0.3) is 0 Å². The molecule has 222 valence electrons. The maximum Gasteiger partial charge on any atom is 0.411 e. The van der Waals surface area contributed by atoms with Crippen LogP contribution >= 0.6 is 0 Å². The Morgan fingerprint density at radius 2 is 1.61 bits per heavy atom. The first kappa shape index (κ1) is 31.4. The van der Waals surface area contributed by atoms with Gasteiger partial charge in [0.2, 0.25) is 0 Å². The van der Waals surface area contributed by atoms with Gasteiger partial charge in [0.25, 0.3) is 0 Å². The molecular formula is C31H40N2O8. The normalized spacial score (nSPS) is 19.1. The van der Waals surface area contributed by atoms with Crippen molar-refractivity contribution >= 4 is 24.1 Å². The van der Waals surface area contributed by atoms with Crippen molar-refractivity contribution in [2.45, 2.75) is 83.2 Å². The summed E-state index contributed by atoms with van der Waals surface area (Å²) in [5, 5.41) is 2.58. The number of alkyl carbamates (subject to hydrolysis) is 1. The summed E-state index contributed by atoms with van der Waals surface area (Å²) in [4.78, 5) is 53.3. The Bertz CT molecular complexity index is 1170. The molecule has 1 aliphatic heterocycles. The lowest BCUT2D eigenvalue weighted by molar-refractivity contribution is -0.149. The molecule has 1 aliphatic rings. The highest BCUT2D eigenvalue weighted by Crippen LogP contribution is 2.41. The Balaban J connectivity index is 1.82. The molecule has 2 aromatic carbocycles. The summed E-state index contributed by atoms with van der Waals surface area (Å²) in [6.45, 7) is 7.16. The zero-order chi connectivity index (χ0) is 30.0. The molecule has 3 rings (SSSR count). The number of rotatable bonds is 10. The van der Waals surface area contributed by atoms with E-state index in [0.717, 1.165) is 11.1 Å². The average molecular weight is 569 g/mol. The van der Waals surface area contributed by atoms with E-state index in [1.807, 2.05) is 60.7 Å². The van der Waals surface area contributed by atoms with E-state index in [9.17, 15) is 19.2 Å². The van der Waals surface area contributed by atoms with Gasteiger partial charge >= 0.3 is 24.1 Å². The molecule has 2 aromatic rings. The number of carbonyl (C=O) groups excluding carboxylic acids is 4. The molecule has 10 nitrogen and oxygen atoms in total. The van der Waals surface area contributed by atoms with E-state index in [2.05, 4.69) is 5.32 Å². The van der Waals surface area contributed by atoms with Gasteiger partial charge in [0.1, 0.15) is 24.3 Å². The minimum Gasteiger partial charge on any atom is -0.467 e. The molecule has 1 saturated heterocycles. The summed E-state index contributed by atoms with van der Waals surface area (Å²) in [7, 11) is 1.23. The van der Waals surface area contributed by atoms with Gasteiger partial charge in [-0.05, 0) is 58.1 Å². The molecule has 0 radical (unpaired) electrons. The van der Waals surface area contributed by atoms with E-state index >= 15 is 0 Å². The summed E-state index contributed by atoms with van der Waals surface area (Å²) in [5.41, 5.74) is 0.881. The fourth-order valence-electron chi connectivity index (χ4n) is 4.97. The first-order valence-corrected chi connectivity index (χ1v) is 13.8. The van der Waals surface area contributed by atoms with E-state index in [4.69, 9.17) is 18.9 Å². The highest BCUT2D eigenvalue weighted by Gasteiger charge is 2.50. The lowest BCUT2D eigenvalue weighted by Gasteiger charge is -2.33. The van der Waals surface area contributed by atoms with Crippen molar-refractivity contribution < 1.29 is 38.1 Å². The number of carbonyl (C=O) groups is 4. The van der Waals surface area contributed by atoms with Gasteiger partial charge in [0.05, 0.1) is 13.7 Å².